The van der Waals surface area contributed by atoms with Crippen molar-refractivity contribution in [3.8, 4) is 0 Å². The van der Waals surface area contributed by atoms with Gasteiger partial charge in [-0.25, -0.2) is 4.39 Å². The molecule has 2 rings (SSSR count). The van der Waals surface area contributed by atoms with Gasteiger partial charge in [0.25, 0.3) is 0 Å². The summed E-state index contributed by atoms with van der Waals surface area (Å²) in [5.74, 6) is -0.103. The lowest BCUT2D eigenvalue weighted by molar-refractivity contribution is 0.457. The molecule has 0 radical (unpaired) electrons. The zero-order valence-electron chi connectivity index (χ0n) is 9.22. The Balaban J connectivity index is 2.03. The first kappa shape index (κ1) is 10.6. The molecule has 0 bridgehead atoms. The number of aryl methyl sites for hydroxylation is 1. The Kier molecular flexibility index (Phi) is 3.37. The van der Waals surface area contributed by atoms with Gasteiger partial charge in [-0.3, -0.25) is 0 Å². The highest BCUT2D eigenvalue weighted by atomic mass is 19.1. The largest absolute Gasteiger partial charge is 0.314 e. The zero-order chi connectivity index (χ0) is 10.7. The van der Waals surface area contributed by atoms with Crippen LogP contribution < -0.4 is 5.32 Å². The number of hydrogen-bond acceptors (Lipinski definition) is 1. The summed E-state index contributed by atoms with van der Waals surface area (Å²) < 4.78 is 13.0. The van der Waals surface area contributed by atoms with Crippen molar-refractivity contribution in [2.24, 2.45) is 0 Å². The summed E-state index contributed by atoms with van der Waals surface area (Å²) in [5, 5.41) is 3.53. The summed E-state index contributed by atoms with van der Waals surface area (Å²) in [6, 6.07) is 5.78. The average Bonchev–Trinajstić information content (AvgIpc) is 2.26. The van der Waals surface area contributed by atoms with Gasteiger partial charge in [-0.2, -0.15) is 0 Å². The number of hydrogen-bond donors (Lipinski definition) is 1. The molecule has 1 aromatic carbocycles. The van der Waals surface area contributed by atoms with E-state index in [1.807, 2.05) is 6.07 Å². The van der Waals surface area contributed by atoms with Gasteiger partial charge in [-0.1, -0.05) is 13.0 Å². The lowest BCUT2D eigenvalue weighted by Crippen LogP contribution is -2.34. The first-order valence-corrected chi connectivity index (χ1v) is 5.80. The van der Waals surface area contributed by atoms with E-state index in [1.54, 1.807) is 12.1 Å². The van der Waals surface area contributed by atoms with Crippen LogP contribution in [0.15, 0.2) is 18.2 Å². The Morgan fingerprint density at radius 1 is 1.40 bits per heavy atom. The minimum Gasteiger partial charge on any atom is -0.314 e. The molecular formula is C13H18FN. The van der Waals surface area contributed by atoms with Crippen molar-refractivity contribution in [2.45, 2.75) is 38.6 Å². The molecule has 1 aromatic rings. The smallest absolute Gasteiger partial charge is 0.123 e. The lowest BCUT2D eigenvalue weighted by Gasteiger charge is -2.25. The molecule has 1 aliphatic rings. The molecular weight excluding hydrogens is 189 g/mol. The highest BCUT2D eigenvalue weighted by molar-refractivity contribution is 5.31. The van der Waals surface area contributed by atoms with Crippen LogP contribution in [-0.4, -0.2) is 12.6 Å². The molecule has 1 N–H and O–H groups in total. The fourth-order valence-corrected chi connectivity index (χ4v) is 2.25. The van der Waals surface area contributed by atoms with Gasteiger partial charge in [0, 0.05) is 6.04 Å². The first-order chi connectivity index (χ1) is 7.29. The third kappa shape index (κ3) is 2.57. The summed E-state index contributed by atoms with van der Waals surface area (Å²) in [6.07, 6.45) is 4.37. The van der Waals surface area contributed by atoms with Gasteiger partial charge in [0.05, 0.1) is 0 Å². The van der Waals surface area contributed by atoms with Crippen LogP contribution in [0.5, 0.6) is 0 Å². The molecule has 0 unspecified atom stereocenters. The third-order valence-corrected chi connectivity index (χ3v) is 3.08. The van der Waals surface area contributed by atoms with E-state index in [0.29, 0.717) is 6.04 Å². The van der Waals surface area contributed by atoms with E-state index < -0.39 is 0 Å². The molecule has 0 fully saturated rings. The van der Waals surface area contributed by atoms with Crippen molar-refractivity contribution >= 4 is 0 Å². The molecule has 1 nitrogen and oxygen atoms in total. The van der Waals surface area contributed by atoms with E-state index in [0.717, 1.165) is 25.8 Å². The van der Waals surface area contributed by atoms with Crippen LogP contribution in [-0.2, 0) is 12.8 Å². The molecule has 82 valence electrons. The van der Waals surface area contributed by atoms with Gasteiger partial charge < -0.3 is 5.32 Å². The minimum atomic E-state index is -0.103. The summed E-state index contributed by atoms with van der Waals surface area (Å²) >= 11 is 0. The van der Waals surface area contributed by atoms with E-state index in [2.05, 4.69) is 12.2 Å². The Hall–Kier alpha value is -0.890. The molecule has 0 spiro atoms. The molecule has 0 heterocycles. The van der Waals surface area contributed by atoms with Crippen LogP contribution in [0.2, 0.25) is 0 Å². The fourth-order valence-electron chi connectivity index (χ4n) is 2.25. The Morgan fingerprint density at radius 3 is 3.07 bits per heavy atom. The second kappa shape index (κ2) is 4.75. The molecule has 0 aromatic heterocycles. The van der Waals surface area contributed by atoms with E-state index in [-0.39, 0.29) is 5.82 Å². The minimum absolute atomic E-state index is 0.103. The average molecular weight is 207 g/mol. The normalized spacial score (nSPS) is 20.0. The predicted molar refractivity (Wildman–Crippen MR) is 60.5 cm³/mol. The number of halogens is 1. The summed E-state index contributed by atoms with van der Waals surface area (Å²) in [4.78, 5) is 0. The van der Waals surface area contributed by atoms with E-state index >= 15 is 0 Å². The Bertz CT molecular complexity index is 335. The standard InChI is InChI=1S/C13H18FN/c1-2-7-15-13-6-4-10-8-12(14)5-3-11(10)9-13/h3,5,8,13,15H,2,4,6-7,9H2,1H3/t13-/m1/s1. The van der Waals surface area contributed by atoms with Gasteiger partial charge in [0.1, 0.15) is 5.82 Å². The van der Waals surface area contributed by atoms with Crippen molar-refractivity contribution in [1.29, 1.82) is 0 Å². The molecule has 0 aliphatic heterocycles. The summed E-state index contributed by atoms with van der Waals surface area (Å²) in [7, 11) is 0. The van der Waals surface area contributed by atoms with Crippen LogP contribution >= 0.6 is 0 Å². The molecule has 0 saturated carbocycles. The zero-order valence-corrected chi connectivity index (χ0v) is 9.22. The number of benzene rings is 1. The van der Waals surface area contributed by atoms with Gasteiger partial charge in [-0.05, 0) is 55.5 Å². The Morgan fingerprint density at radius 2 is 2.27 bits per heavy atom. The van der Waals surface area contributed by atoms with Crippen molar-refractivity contribution in [2.75, 3.05) is 6.54 Å². The van der Waals surface area contributed by atoms with Crippen molar-refractivity contribution in [3.63, 3.8) is 0 Å². The van der Waals surface area contributed by atoms with Crippen LogP contribution in [0.3, 0.4) is 0 Å². The topological polar surface area (TPSA) is 12.0 Å². The van der Waals surface area contributed by atoms with E-state index in [1.165, 1.54) is 17.5 Å². The highest BCUT2D eigenvalue weighted by Crippen LogP contribution is 2.22. The van der Waals surface area contributed by atoms with Gasteiger partial charge in [-0.15, -0.1) is 0 Å². The van der Waals surface area contributed by atoms with Crippen molar-refractivity contribution < 1.29 is 4.39 Å². The third-order valence-electron chi connectivity index (χ3n) is 3.08. The van der Waals surface area contributed by atoms with Crippen molar-refractivity contribution in [3.05, 3.63) is 35.1 Å². The number of nitrogens with one attached hydrogen (secondary N) is 1. The van der Waals surface area contributed by atoms with Gasteiger partial charge in [0.2, 0.25) is 0 Å². The molecule has 2 heteroatoms. The van der Waals surface area contributed by atoms with E-state index in [4.69, 9.17) is 0 Å². The van der Waals surface area contributed by atoms with Gasteiger partial charge >= 0.3 is 0 Å². The Labute approximate surface area is 90.7 Å². The van der Waals surface area contributed by atoms with Crippen LogP contribution in [0.4, 0.5) is 4.39 Å². The van der Waals surface area contributed by atoms with Crippen molar-refractivity contribution in [1.82, 2.24) is 5.32 Å². The van der Waals surface area contributed by atoms with Crippen LogP contribution in [0.25, 0.3) is 0 Å². The highest BCUT2D eigenvalue weighted by Gasteiger charge is 2.17. The van der Waals surface area contributed by atoms with Gasteiger partial charge in [0.15, 0.2) is 0 Å². The maximum absolute atomic E-state index is 13.0. The number of fused-ring (bicyclic) bond motifs is 1. The quantitative estimate of drug-likeness (QED) is 0.803. The summed E-state index contributed by atoms with van der Waals surface area (Å²) in [6.45, 7) is 3.26. The van der Waals surface area contributed by atoms with Crippen LogP contribution in [0.1, 0.15) is 30.9 Å². The molecule has 1 atom stereocenters. The molecule has 15 heavy (non-hydrogen) atoms. The van der Waals surface area contributed by atoms with E-state index in [9.17, 15) is 4.39 Å². The number of rotatable bonds is 3. The molecule has 1 aliphatic carbocycles. The second-order valence-electron chi connectivity index (χ2n) is 4.31. The SMILES string of the molecule is CCCN[C@@H]1CCc2cc(F)ccc2C1. The fraction of sp³-hybridized carbons (Fsp3) is 0.538. The maximum atomic E-state index is 13.0. The first-order valence-electron chi connectivity index (χ1n) is 5.80. The monoisotopic (exact) mass is 207 g/mol. The lowest BCUT2D eigenvalue weighted by atomic mass is 9.88. The maximum Gasteiger partial charge on any atom is 0.123 e. The van der Waals surface area contributed by atoms with Crippen LogP contribution in [0, 0.1) is 5.82 Å². The molecule has 0 saturated heterocycles. The molecule has 0 amide bonds. The second-order valence-corrected chi connectivity index (χ2v) is 4.31. The summed E-state index contributed by atoms with van der Waals surface area (Å²) in [5.41, 5.74) is 2.51. The predicted octanol–water partition coefficient (Wildman–Crippen LogP) is 2.68.